The molecule has 0 N–H and O–H groups in total. The zero-order valence-corrected chi connectivity index (χ0v) is 7.60. The fourth-order valence-electron chi connectivity index (χ4n) is 1.00. The van der Waals surface area contributed by atoms with Crippen molar-refractivity contribution in [2.24, 2.45) is 0 Å². The first-order valence-corrected chi connectivity index (χ1v) is 3.95. The smallest absolute Gasteiger partial charge is 0.0687 e. The van der Waals surface area contributed by atoms with Crippen LogP contribution in [0.2, 0.25) is 0 Å². The first kappa shape index (κ1) is 10.4. The van der Waals surface area contributed by atoms with Gasteiger partial charge >= 0.3 is 0 Å². The summed E-state index contributed by atoms with van der Waals surface area (Å²) >= 11 is 0. The highest BCUT2D eigenvalue weighted by Crippen LogP contribution is 2.21. The molecule has 1 atom stereocenters. The molecule has 0 unspecified atom stereocenters. The Morgan fingerprint density at radius 1 is 1.36 bits per heavy atom. The molecule has 0 saturated heterocycles. The Balaban J connectivity index is 3.86. The summed E-state index contributed by atoms with van der Waals surface area (Å²) in [6.07, 6.45) is 6.72. The highest BCUT2D eigenvalue weighted by molar-refractivity contribution is 4.86. The maximum atomic E-state index is 5.36. The van der Waals surface area contributed by atoms with Crippen molar-refractivity contribution in [3.63, 3.8) is 0 Å². The van der Waals surface area contributed by atoms with Crippen LogP contribution < -0.4 is 0 Å². The first-order valence-electron chi connectivity index (χ1n) is 3.95. The molecule has 0 radical (unpaired) electrons. The van der Waals surface area contributed by atoms with Gasteiger partial charge in [0, 0.05) is 7.11 Å². The van der Waals surface area contributed by atoms with Crippen LogP contribution in [0.3, 0.4) is 0 Å². The van der Waals surface area contributed by atoms with Crippen molar-refractivity contribution in [1.82, 2.24) is 0 Å². The molecule has 0 aliphatic heterocycles. The zero-order valence-electron chi connectivity index (χ0n) is 7.60. The van der Waals surface area contributed by atoms with Gasteiger partial charge in [-0.25, -0.2) is 0 Å². The van der Waals surface area contributed by atoms with E-state index in [4.69, 9.17) is 4.74 Å². The maximum absolute atomic E-state index is 5.36. The van der Waals surface area contributed by atoms with E-state index in [1.54, 1.807) is 7.11 Å². The van der Waals surface area contributed by atoms with Gasteiger partial charge in [-0.2, -0.15) is 0 Å². The Morgan fingerprint density at radius 3 is 2.36 bits per heavy atom. The van der Waals surface area contributed by atoms with E-state index in [0.717, 1.165) is 19.3 Å². The zero-order chi connectivity index (χ0) is 8.74. The molecule has 11 heavy (non-hydrogen) atoms. The van der Waals surface area contributed by atoms with Crippen LogP contribution >= 0.6 is 0 Å². The normalized spacial score (nSPS) is 15.5. The molecule has 1 heteroatoms. The van der Waals surface area contributed by atoms with Crippen molar-refractivity contribution < 1.29 is 4.74 Å². The number of allylic oxidation sites excluding steroid dienone is 1. The van der Waals surface area contributed by atoms with Crippen molar-refractivity contribution in [2.75, 3.05) is 7.11 Å². The number of rotatable bonds is 6. The van der Waals surface area contributed by atoms with Crippen molar-refractivity contribution in [3.05, 3.63) is 25.3 Å². The lowest BCUT2D eigenvalue weighted by Gasteiger charge is -2.26. The standard InChI is InChI=1S/C10H18O/c1-5-7-9-10(3,11-4)8-6-2/h5-6H,1-2,7-9H2,3-4H3/t10-/m1/s1. The quantitative estimate of drug-likeness (QED) is 0.534. The summed E-state index contributed by atoms with van der Waals surface area (Å²) in [6.45, 7) is 9.47. The monoisotopic (exact) mass is 154 g/mol. The van der Waals surface area contributed by atoms with Crippen LogP contribution in [0.4, 0.5) is 0 Å². The minimum absolute atomic E-state index is 0.0457. The molecule has 0 heterocycles. The number of hydrogen-bond acceptors (Lipinski definition) is 1. The van der Waals surface area contributed by atoms with Crippen molar-refractivity contribution in [2.45, 2.75) is 31.8 Å². The molecular formula is C10H18O. The highest BCUT2D eigenvalue weighted by atomic mass is 16.5. The lowest BCUT2D eigenvalue weighted by atomic mass is 9.96. The van der Waals surface area contributed by atoms with Crippen LogP contribution in [0.1, 0.15) is 26.2 Å². The van der Waals surface area contributed by atoms with Gasteiger partial charge in [0.25, 0.3) is 0 Å². The molecule has 0 amide bonds. The van der Waals surface area contributed by atoms with E-state index in [1.165, 1.54) is 0 Å². The Labute approximate surface area is 69.8 Å². The molecule has 0 aromatic rings. The fourth-order valence-corrected chi connectivity index (χ4v) is 1.00. The molecule has 0 spiro atoms. The van der Waals surface area contributed by atoms with Gasteiger partial charge in [0.2, 0.25) is 0 Å². The van der Waals surface area contributed by atoms with E-state index in [1.807, 2.05) is 12.2 Å². The van der Waals surface area contributed by atoms with Crippen molar-refractivity contribution in [3.8, 4) is 0 Å². The molecule has 0 saturated carbocycles. The average Bonchev–Trinajstić information content (AvgIpc) is 2.02. The van der Waals surface area contributed by atoms with E-state index in [-0.39, 0.29) is 5.60 Å². The highest BCUT2D eigenvalue weighted by Gasteiger charge is 2.19. The molecule has 64 valence electrons. The van der Waals surface area contributed by atoms with Crippen molar-refractivity contribution >= 4 is 0 Å². The molecule has 0 bridgehead atoms. The lowest BCUT2D eigenvalue weighted by Crippen LogP contribution is -2.25. The number of hydrogen-bond donors (Lipinski definition) is 0. The predicted octanol–water partition coefficient (Wildman–Crippen LogP) is 2.93. The van der Waals surface area contributed by atoms with Gasteiger partial charge < -0.3 is 4.74 Å². The largest absolute Gasteiger partial charge is 0.378 e. The van der Waals surface area contributed by atoms with Gasteiger partial charge in [-0.1, -0.05) is 12.2 Å². The second kappa shape index (κ2) is 5.14. The molecule has 0 aliphatic rings. The Kier molecular flexibility index (Phi) is 4.88. The fraction of sp³-hybridized carbons (Fsp3) is 0.600. The third kappa shape index (κ3) is 3.99. The number of ether oxygens (including phenoxy) is 1. The maximum Gasteiger partial charge on any atom is 0.0687 e. The Hall–Kier alpha value is -0.560. The van der Waals surface area contributed by atoms with Crippen LogP contribution in [-0.4, -0.2) is 12.7 Å². The summed E-state index contributed by atoms with van der Waals surface area (Å²) in [7, 11) is 1.74. The van der Waals surface area contributed by atoms with E-state index in [0.29, 0.717) is 0 Å². The van der Waals surface area contributed by atoms with Crippen LogP contribution in [0, 0.1) is 0 Å². The summed E-state index contributed by atoms with van der Waals surface area (Å²) in [5.41, 5.74) is -0.0457. The Morgan fingerprint density at radius 2 is 2.00 bits per heavy atom. The molecular weight excluding hydrogens is 136 g/mol. The lowest BCUT2D eigenvalue weighted by molar-refractivity contribution is 0.00237. The minimum atomic E-state index is -0.0457. The van der Waals surface area contributed by atoms with Crippen molar-refractivity contribution in [1.29, 1.82) is 0 Å². The predicted molar refractivity (Wildman–Crippen MR) is 49.7 cm³/mol. The molecule has 1 nitrogen and oxygen atoms in total. The van der Waals surface area contributed by atoms with E-state index in [9.17, 15) is 0 Å². The van der Waals surface area contributed by atoms with Gasteiger partial charge in [0.1, 0.15) is 0 Å². The van der Waals surface area contributed by atoms with E-state index in [2.05, 4.69) is 20.1 Å². The third-order valence-electron chi connectivity index (χ3n) is 1.95. The van der Waals surface area contributed by atoms with Crippen LogP contribution in [0.15, 0.2) is 25.3 Å². The summed E-state index contributed by atoms with van der Waals surface area (Å²) in [5.74, 6) is 0. The molecule has 0 aliphatic carbocycles. The van der Waals surface area contributed by atoms with Crippen LogP contribution in [0.25, 0.3) is 0 Å². The summed E-state index contributed by atoms with van der Waals surface area (Å²) in [6, 6.07) is 0. The van der Waals surface area contributed by atoms with Gasteiger partial charge in [-0.05, 0) is 26.2 Å². The average molecular weight is 154 g/mol. The van der Waals surface area contributed by atoms with Crippen LogP contribution in [-0.2, 0) is 4.74 Å². The van der Waals surface area contributed by atoms with Gasteiger partial charge in [-0.15, -0.1) is 13.2 Å². The van der Waals surface area contributed by atoms with E-state index < -0.39 is 0 Å². The van der Waals surface area contributed by atoms with E-state index >= 15 is 0 Å². The first-order chi connectivity index (χ1) is 5.18. The van der Waals surface area contributed by atoms with Crippen LogP contribution in [0.5, 0.6) is 0 Å². The number of methoxy groups -OCH3 is 1. The van der Waals surface area contributed by atoms with Gasteiger partial charge in [0.15, 0.2) is 0 Å². The summed E-state index contributed by atoms with van der Waals surface area (Å²) < 4.78 is 5.36. The molecule has 0 aromatic carbocycles. The summed E-state index contributed by atoms with van der Waals surface area (Å²) in [4.78, 5) is 0. The Bertz CT molecular complexity index is 129. The second-order valence-electron chi connectivity index (χ2n) is 2.97. The van der Waals surface area contributed by atoms with Gasteiger partial charge in [0.05, 0.1) is 5.60 Å². The SMILES string of the molecule is C=CCC[C@@](C)(CC=C)OC. The minimum Gasteiger partial charge on any atom is -0.378 e. The topological polar surface area (TPSA) is 9.23 Å². The second-order valence-corrected chi connectivity index (χ2v) is 2.97. The third-order valence-corrected chi connectivity index (χ3v) is 1.95. The molecule has 0 fully saturated rings. The summed E-state index contributed by atoms with van der Waals surface area (Å²) in [5, 5.41) is 0. The molecule has 0 rings (SSSR count). The van der Waals surface area contributed by atoms with Gasteiger partial charge in [-0.3, -0.25) is 0 Å². The molecule has 0 aromatic heterocycles.